The van der Waals surface area contributed by atoms with Gasteiger partial charge in [-0.3, -0.25) is 19.3 Å². The minimum absolute atomic E-state index is 0.00663. The van der Waals surface area contributed by atoms with Gasteiger partial charge in [-0.1, -0.05) is 13.8 Å². The molecule has 2 fully saturated rings. The Labute approximate surface area is 280 Å². The third-order valence-corrected chi connectivity index (χ3v) is 10.2. The first-order valence-electron chi connectivity index (χ1n) is 16.8. The number of nitrogens with one attached hydrogen (secondary N) is 2. The molecule has 6 heterocycles. The second-order valence-electron chi connectivity index (χ2n) is 14.4. The maximum atomic E-state index is 14.4. The Hall–Kier alpha value is -4.71. The number of esters is 1. The number of carbonyl (C=O) groups excluding carboxylic acids is 2. The van der Waals surface area contributed by atoms with E-state index < -0.39 is 11.5 Å². The van der Waals surface area contributed by atoms with E-state index in [1.54, 1.807) is 30.4 Å². The van der Waals surface area contributed by atoms with Crippen LogP contribution in [0.1, 0.15) is 52.5 Å². The molecular formula is C36H44N8O4. The quantitative estimate of drug-likeness (QED) is 0.363. The van der Waals surface area contributed by atoms with Gasteiger partial charge in [-0.15, -0.1) is 0 Å². The number of ether oxygens (including phenoxy) is 1. The Morgan fingerprint density at radius 1 is 1.02 bits per heavy atom. The summed E-state index contributed by atoms with van der Waals surface area (Å²) in [6, 6.07) is 7.50. The first-order chi connectivity index (χ1) is 22.9. The van der Waals surface area contributed by atoms with Crippen molar-refractivity contribution in [3.05, 3.63) is 70.0 Å². The molecule has 12 heteroatoms. The molecule has 3 aliphatic heterocycles. The maximum Gasteiger partial charge on any atom is 0.302 e. The number of rotatable bonds is 7. The lowest BCUT2D eigenvalue weighted by Gasteiger charge is -2.47. The van der Waals surface area contributed by atoms with E-state index in [1.165, 1.54) is 22.8 Å². The van der Waals surface area contributed by atoms with Crippen molar-refractivity contribution in [3.8, 4) is 11.1 Å². The summed E-state index contributed by atoms with van der Waals surface area (Å²) in [5.41, 5.74) is 5.46. The Bertz CT molecular complexity index is 1860. The van der Waals surface area contributed by atoms with Crippen molar-refractivity contribution in [1.29, 1.82) is 0 Å². The van der Waals surface area contributed by atoms with E-state index in [9.17, 15) is 14.4 Å². The lowest BCUT2D eigenvalue weighted by atomic mass is 9.83. The van der Waals surface area contributed by atoms with Crippen LogP contribution in [0.5, 0.6) is 0 Å². The molecule has 7 rings (SSSR count). The second-order valence-corrected chi connectivity index (χ2v) is 14.4. The summed E-state index contributed by atoms with van der Waals surface area (Å²) in [6.07, 6.45) is 7.94. The molecule has 0 aromatic carbocycles. The number of hydrogen-bond acceptors (Lipinski definition) is 10. The van der Waals surface area contributed by atoms with Crippen molar-refractivity contribution >= 4 is 34.9 Å². The SMILES string of the molecule is CC(=O)OCc1c(-c2cc(Nc3ccc(N4CCNCC4)cn3)c(=O)n(C)c2)ccnc1N1CCN2C3=C(CC(C)(C)C3)CC2(C)C1=O. The molecule has 3 aromatic rings. The number of pyridine rings is 3. The number of anilines is 4. The maximum absolute atomic E-state index is 14.4. The molecule has 2 saturated heterocycles. The van der Waals surface area contributed by atoms with Crippen LogP contribution in [0.4, 0.5) is 23.0 Å². The minimum Gasteiger partial charge on any atom is -0.461 e. The highest BCUT2D eigenvalue weighted by Gasteiger charge is 2.55. The zero-order valence-corrected chi connectivity index (χ0v) is 28.4. The van der Waals surface area contributed by atoms with Crippen molar-refractivity contribution in [1.82, 2.24) is 24.8 Å². The van der Waals surface area contributed by atoms with Crippen LogP contribution in [-0.4, -0.2) is 76.1 Å². The number of aromatic nitrogens is 3. The Morgan fingerprint density at radius 2 is 1.81 bits per heavy atom. The first-order valence-corrected chi connectivity index (χ1v) is 16.8. The van der Waals surface area contributed by atoms with E-state index in [-0.39, 0.29) is 23.5 Å². The fourth-order valence-electron chi connectivity index (χ4n) is 7.90. The van der Waals surface area contributed by atoms with E-state index in [1.807, 2.05) is 31.3 Å². The van der Waals surface area contributed by atoms with Gasteiger partial charge in [-0.25, -0.2) is 9.97 Å². The molecule has 0 spiro atoms. The third-order valence-electron chi connectivity index (χ3n) is 10.2. The van der Waals surface area contributed by atoms with Gasteiger partial charge in [-0.05, 0) is 60.6 Å². The molecule has 0 saturated carbocycles. The highest BCUT2D eigenvalue weighted by Crippen LogP contribution is 2.53. The zero-order chi connectivity index (χ0) is 33.8. The Morgan fingerprint density at radius 3 is 2.54 bits per heavy atom. The fourth-order valence-corrected chi connectivity index (χ4v) is 7.90. The fraction of sp³-hybridized carbons (Fsp3) is 0.472. The third kappa shape index (κ3) is 5.72. The summed E-state index contributed by atoms with van der Waals surface area (Å²) >= 11 is 0. The van der Waals surface area contributed by atoms with Crippen LogP contribution < -0.4 is 26.0 Å². The standard InChI is InChI=1S/C36H44N8O4/c1-23(45)48-22-28-27(8-9-38-32(28)43-14-15-44-30-19-35(2,3)17-25(30)18-36(44,4)34(43)47)24-16-29(33(46)41(5)21-24)40-31-7-6-26(20-39-31)42-12-10-37-11-13-42/h6-9,16,20-21,37H,10-15,17-19,22H2,1-5H3,(H,39,40). The number of carbonyl (C=O) groups is 2. The van der Waals surface area contributed by atoms with Crippen LogP contribution >= 0.6 is 0 Å². The van der Waals surface area contributed by atoms with Gasteiger partial charge in [0.25, 0.3) is 11.5 Å². The van der Waals surface area contributed by atoms with Crippen LogP contribution in [0.25, 0.3) is 11.1 Å². The summed E-state index contributed by atoms with van der Waals surface area (Å²) in [5.74, 6) is 0.584. The van der Waals surface area contributed by atoms with E-state index in [0.29, 0.717) is 48.0 Å². The largest absolute Gasteiger partial charge is 0.461 e. The van der Waals surface area contributed by atoms with Crippen molar-refractivity contribution in [2.45, 2.75) is 59.1 Å². The molecule has 3 aromatic heterocycles. The molecule has 0 bridgehead atoms. The van der Waals surface area contributed by atoms with Crippen molar-refractivity contribution in [2.24, 2.45) is 12.5 Å². The van der Waals surface area contributed by atoms with Crippen molar-refractivity contribution in [3.63, 3.8) is 0 Å². The Balaban J connectivity index is 1.21. The van der Waals surface area contributed by atoms with E-state index in [4.69, 9.17) is 9.72 Å². The predicted molar refractivity (Wildman–Crippen MR) is 185 cm³/mol. The van der Waals surface area contributed by atoms with Crippen LogP contribution in [0.3, 0.4) is 0 Å². The topological polar surface area (TPSA) is 125 Å². The highest BCUT2D eigenvalue weighted by atomic mass is 16.5. The molecule has 1 unspecified atom stereocenters. The summed E-state index contributed by atoms with van der Waals surface area (Å²) in [7, 11) is 1.70. The normalized spacial score (nSPS) is 21.8. The number of piperazine rings is 2. The van der Waals surface area contributed by atoms with Crippen LogP contribution in [-0.2, 0) is 28.0 Å². The number of allylic oxidation sites excluding steroid dienone is 1. The zero-order valence-electron chi connectivity index (χ0n) is 28.4. The number of aryl methyl sites for hydroxylation is 1. The smallest absolute Gasteiger partial charge is 0.302 e. The lowest BCUT2D eigenvalue weighted by Crippen LogP contribution is -2.62. The number of hydrogen-bond donors (Lipinski definition) is 2. The van der Waals surface area contributed by atoms with Crippen LogP contribution in [0.2, 0.25) is 0 Å². The first kappa shape index (κ1) is 31.9. The average Bonchev–Trinajstić information content (AvgIpc) is 3.50. The molecule has 48 heavy (non-hydrogen) atoms. The monoisotopic (exact) mass is 652 g/mol. The highest BCUT2D eigenvalue weighted by molar-refractivity contribution is 6.02. The van der Waals surface area contributed by atoms with Gasteiger partial charge in [0.1, 0.15) is 29.5 Å². The van der Waals surface area contributed by atoms with Gasteiger partial charge in [-0.2, -0.15) is 0 Å². The molecule has 0 radical (unpaired) electrons. The summed E-state index contributed by atoms with van der Waals surface area (Å²) < 4.78 is 7.07. The van der Waals surface area contributed by atoms with Gasteiger partial charge in [0.2, 0.25) is 0 Å². The van der Waals surface area contributed by atoms with E-state index in [0.717, 1.165) is 50.3 Å². The minimum atomic E-state index is -0.684. The van der Waals surface area contributed by atoms with Gasteiger partial charge >= 0.3 is 5.97 Å². The Kier molecular flexibility index (Phi) is 8.01. The van der Waals surface area contributed by atoms with Gasteiger partial charge in [0.05, 0.1) is 11.9 Å². The average molecular weight is 653 g/mol. The number of amides is 1. The number of fused-ring (bicyclic) bond motifs is 2. The molecular weight excluding hydrogens is 608 g/mol. The molecule has 2 N–H and O–H groups in total. The van der Waals surface area contributed by atoms with Crippen molar-refractivity contribution in [2.75, 3.05) is 54.4 Å². The number of nitrogens with zero attached hydrogens (tertiary/aromatic N) is 6. The van der Waals surface area contributed by atoms with Crippen LogP contribution in [0, 0.1) is 5.41 Å². The summed E-state index contributed by atoms with van der Waals surface area (Å²) in [5, 5.41) is 6.57. The molecule has 12 nitrogen and oxygen atoms in total. The van der Waals surface area contributed by atoms with Gasteiger partial charge in [0.15, 0.2) is 0 Å². The predicted octanol–water partition coefficient (Wildman–Crippen LogP) is 3.94. The van der Waals surface area contributed by atoms with E-state index >= 15 is 0 Å². The molecule has 1 atom stereocenters. The summed E-state index contributed by atoms with van der Waals surface area (Å²) in [6.45, 7) is 12.8. The van der Waals surface area contributed by atoms with Gasteiger partial charge < -0.3 is 29.7 Å². The summed E-state index contributed by atoms with van der Waals surface area (Å²) in [4.78, 5) is 55.4. The van der Waals surface area contributed by atoms with Crippen LogP contribution in [0.15, 0.2) is 58.9 Å². The molecule has 1 amide bonds. The second kappa shape index (κ2) is 12.1. The molecule has 1 aliphatic carbocycles. The molecule has 252 valence electrons. The van der Waals surface area contributed by atoms with Crippen molar-refractivity contribution < 1.29 is 14.3 Å². The van der Waals surface area contributed by atoms with Gasteiger partial charge in [0, 0.05) is 88.9 Å². The molecule has 4 aliphatic rings. The lowest BCUT2D eigenvalue weighted by molar-refractivity contribution is -0.142. The van der Waals surface area contributed by atoms with E-state index in [2.05, 4.69) is 39.3 Å².